The number of hydrogen-bond acceptors (Lipinski definition) is 4. The van der Waals surface area contributed by atoms with Crippen LogP contribution in [0, 0.1) is 0 Å². The molecule has 31 heavy (non-hydrogen) atoms. The normalized spacial score (nSPS) is 15.5. The lowest BCUT2D eigenvalue weighted by Crippen LogP contribution is -2.39. The SMILES string of the molecule is CN(c1ccccc1)c1ccccc1NC(=O)N(Cc1cccnc1)CC1CCCO1. The molecule has 3 aromatic rings. The number of pyridine rings is 1. The first-order chi connectivity index (χ1) is 15.2. The largest absolute Gasteiger partial charge is 0.376 e. The molecule has 0 saturated carbocycles. The zero-order valence-corrected chi connectivity index (χ0v) is 17.8. The van der Waals surface area contributed by atoms with Crippen LogP contribution in [0.4, 0.5) is 21.9 Å². The van der Waals surface area contributed by atoms with Crippen LogP contribution in [0.25, 0.3) is 0 Å². The number of carbonyl (C=O) groups is 1. The summed E-state index contributed by atoms with van der Waals surface area (Å²) in [5, 5.41) is 3.12. The van der Waals surface area contributed by atoms with E-state index in [2.05, 4.69) is 15.2 Å². The van der Waals surface area contributed by atoms with E-state index in [4.69, 9.17) is 4.74 Å². The molecule has 4 rings (SSSR count). The van der Waals surface area contributed by atoms with Gasteiger partial charge in [0.1, 0.15) is 0 Å². The second-order valence-electron chi connectivity index (χ2n) is 7.72. The van der Waals surface area contributed by atoms with Crippen LogP contribution in [0.5, 0.6) is 0 Å². The highest BCUT2D eigenvalue weighted by atomic mass is 16.5. The molecular formula is C25H28N4O2. The van der Waals surface area contributed by atoms with Crippen LogP contribution < -0.4 is 10.2 Å². The van der Waals surface area contributed by atoms with Crippen molar-refractivity contribution in [3.8, 4) is 0 Å². The Morgan fingerprint density at radius 2 is 1.90 bits per heavy atom. The number of aromatic nitrogens is 1. The number of nitrogens with zero attached hydrogens (tertiary/aromatic N) is 3. The highest BCUT2D eigenvalue weighted by Gasteiger charge is 2.24. The van der Waals surface area contributed by atoms with E-state index in [-0.39, 0.29) is 12.1 Å². The maximum Gasteiger partial charge on any atom is 0.322 e. The molecule has 1 aliphatic rings. The number of urea groups is 1. The number of amides is 2. The predicted octanol–water partition coefficient (Wildman–Crippen LogP) is 5.06. The van der Waals surface area contributed by atoms with E-state index in [0.717, 1.165) is 42.1 Å². The zero-order chi connectivity index (χ0) is 21.5. The van der Waals surface area contributed by atoms with Crippen molar-refractivity contribution in [2.45, 2.75) is 25.5 Å². The average Bonchev–Trinajstić information content (AvgIpc) is 3.33. The highest BCUT2D eigenvalue weighted by molar-refractivity contribution is 5.94. The van der Waals surface area contributed by atoms with Gasteiger partial charge in [0, 0.05) is 44.8 Å². The third-order valence-electron chi connectivity index (χ3n) is 5.48. The Morgan fingerprint density at radius 1 is 1.10 bits per heavy atom. The smallest absolute Gasteiger partial charge is 0.322 e. The van der Waals surface area contributed by atoms with Crippen LogP contribution in [0.3, 0.4) is 0 Å². The molecule has 0 aliphatic carbocycles. The van der Waals surface area contributed by atoms with Gasteiger partial charge in [0.2, 0.25) is 0 Å². The molecule has 160 valence electrons. The molecular weight excluding hydrogens is 388 g/mol. The topological polar surface area (TPSA) is 57.7 Å². The molecule has 0 bridgehead atoms. The van der Waals surface area contributed by atoms with E-state index in [1.54, 1.807) is 12.4 Å². The van der Waals surface area contributed by atoms with Crippen molar-refractivity contribution in [1.82, 2.24) is 9.88 Å². The summed E-state index contributed by atoms with van der Waals surface area (Å²) in [4.78, 5) is 21.4. The quantitative estimate of drug-likeness (QED) is 0.585. The first-order valence-electron chi connectivity index (χ1n) is 10.6. The van der Waals surface area contributed by atoms with Crippen molar-refractivity contribution in [2.24, 2.45) is 0 Å². The van der Waals surface area contributed by atoms with Crippen LogP contribution in [-0.2, 0) is 11.3 Å². The van der Waals surface area contributed by atoms with Gasteiger partial charge in [0.05, 0.1) is 17.5 Å². The van der Waals surface area contributed by atoms with Gasteiger partial charge in [-0.1, -0.05) is 36.4 Å². The Morgan fingerprint density at radius 3 is 2.65 bits per heavy atom. The van der Waals surface area contributed by atoms with Crippen molar-refractivity contribution in [3.05, 3.63) is 84.7 Å². The molecule has 1 saturated heterocycles. The average molecular weight is 417 g/mol. The zero-order valence-electron chi connectivity index (χ0n) is 17.8. The van der Waals surface area contributed by atoms with Gasteiger partial charge in [-0.15, -0.1) is 0 Å². The van der Waals surface area contributed by atoms with E-state index in [1.165, 1.54) is 0 Å². The Hall–Kier alpha value is -3.38. The summed E-state index contributed by atoms with van der Waals surface area (Å²) in [6.45, 7) is 1.80. The van der Waals surface area contributed by atoms with Gasteiger partial charge in [-0.3, -0.25) is 4.98 Å². The summed E-state index contributed by atoms with van der Waals surface area (Å²) in [6.07, 6.45) is 5.63. The Labute approximate surface area is 183 Å². The maximum atomic E-state index is 13.3. The fourth-order valence-corrected chi connectivity index (χ4v) is 3.82. The predicted molar refractivity (Wildman–Crippen MR) is 124 cm³/mol. The summed E-state index contributed by atoms with van der Waals surface area (Å²) >= 11 is 0. The molecule has 2 heterocycles. The molecule has 0 radical (unpaired) electrons. The third kappa shape index (κ3) is 5.41. The van der Waals surface area contributed by atoms with E-state index in [1.807, 2.05) is 78.7 Å². The van der Waals surface area contributed by atoms with Gasteiger partial charge in [-0.2, -0.15) is 0 Å². The minimum Gasteiger partial charge on any atom is -0.376 e. The maximum absolute atomic E-state index is 13.3. The number of benzene rings is 2. The molecule has 1 aliphatic heterocycles. The lowest BCUT2D eigenvalue weighted by molar-refractivity contribution is 0.0819. The molecule has 1 N–H and O–H groups in total. The van der Waals surface area contributed by atoms with Gasteiger partial charge in [-0.25, -0.2) is 4.79 Å². The molecule has 6 heteroatoms. The molecule has 1 unspecified atom stereocenters. The van der Waals surface area contributed by atoms with Crippen LogP contribution in [0.15, 0.2) is 79.1 Å². The number of hydrogen-bond donors (Lipinski definition) is 1. The van der Waals surface area contributed by atoms with E-state index in [0.29, 0.717) is 13.1 Å². The summed E-state index contributed by atoms with van der Waals surface area (Å²) in [7, 11) is 2.00. The second-order valence-corrected chi connectivity index (χ2v) is 7.72. The Kier molecular flexibility index (Phi) is 6.79. The van der Waals surface area contributed by atoms with Crippen molar-refractivity contribution in [3.63, 3.8) is 0 Å². The van der Waals surface area contributed by atoms with Crippen LogP contribution in [-0.4, -0.2) is 42.2 Å². The minimum absolute atomic E-state index is 0.0738. The minimum atomic E-state index is -0.145. The number of carbonyl (C=O) groups excluding carboxylic acids is 1. The number of rotatable bonds is 7. The molecule has 2 aromatic carbocycles. The van der Waals surface area contributed by atoms with Gasteiger partial charge in [0.15, 0.2) is 0 Å². The van der Waals surface area contributed by atoms with Gasteiger partial charge in [-0.05, 0) is 48.7 Å². The van der Waals surface area contributed by atoms with E-state index in [9.17, 15) is 4.79 Å². The molecule has 2 amide bonds. The molecule has 1 atom stereocenters. The van der Waals surface area contributed by atoms with Gasteiger partial charge in [0.25, 0.3) is 0 Å². The van der Waals surface area contributed by atoms with Gasteiger partial charge < -0.3 is 19.9 Å². The summed E-state index contributed by atoms with van der Waals surface area (Å²) in [6, 6.07) is 21.7. The van der Waals surface area contributed by atoms with E-state index >= 15 is 0 Å². The van der Waals surface area contributed by atoms with E-state index < -0.39 is 0 Å². The molecule has 6 nitrogen and oxygen atoms in total. The van der Waals surface area contributed by atoms with Crippen molar-refractivity contribution >= 4 is 23.1 Å². The molecule has 1 fully saturated rings. The van der Waals surface area contributed by atoms with Crippen molar-refractivity contribution in [2.75, 3.05) is 30.4 Å². The third-order valence-corrected chi connectivity index (χ3v) is 5.48. The number of anilines is 3. The lowest BCUT2D eigenvalue weighted by Gasteiger charge is -2.28. The lowest BCUT2D eigenvalue weighted by atomic mass is 10.2. The standard InChI is InChI=1S/C25H28N4O2/c1-28(21-10-3-2-4-11-21)24-14-6-5-13-23(24)27-25(30)29(19-22-12-8-16-31-22)18-20-9-7-15-26-17-20/h2-7,9-11,13-15,17,22H,8,12,16,18-19H2,1H3,(H,27,30). The van der Waals surface area contributed by atoms with Gasteiger partial charge >= 0.3 is 6.03 Å². The Balaban J connectivity index is 1.54. The fraction of sp³-hybridized carbons (Fsp3) is 0.280. The van der Waals surface area contributed by atoms with Crippen LogP contribution in [0.2, 0.25) is 0 Å². The van der Waals surface area contributed by atoms with Crippen molar-refractivity contribution < 1.29 is 9.53 Å². The monoisotopic (exact) mass is 416 g/mol. The van der Waals surface area contributed by atoms with Crippen LogP contribution >= 0.6 is 0 Å². The summed E-state index contributed by atoms with van der Waals surface area (Å²) in [5.74, 6) is 0. The number of ether oxygens (including phenoxy) is 1. The summed E-state index contributed by atoms with van der Waals surface area (Å²) < 4.78 is 5.80. The molecule has 0 spiro atoms. The Bertz CT molecular complexity index is 975. The first-order valence-corrected chi connectivity index (χ1v) is 10.6. The highest BCUT2D eigenvalue weighted by Crippen LogP contribution is 2.30. The van der Waals surface area contributed by atoms with Crippen molar-refractivity contribution in [1.29, 1.82) is 0 Å². The number of para-hydroxylation sites is 3. The second kappa shape index (κ2) is 10.1. The van der Waals surface area contributed by atoms with Crippen LogP contribution in [0.1, 0.15) is 18.4 Å². The summed E-state index contributed by atoms with van der Waals surface area (Å²) in [5.41, 5.74) is 3.74. The number of nitrogens with one attached hydrogen (secondary N) is 1. The molecule has 1 aromatic heterocycles. The fourth-order valence-electron chi connectivity index (χ4n) is 3.82. The first kappa shape index (κ1) is 20.9.